The van der Waals surface area contributed by atoms with Crippen LogP contribution in [0.15, 0.2) is 40.2 Å². The first-order valence-electron chi connectivity index (χ1n) is 10.3. The summed E-state index contributed by atoms with van der Waals surface area (Å²) >= 11 is 0. The number of aromatic nitrogens is 3. The molecule has 2 fully saturated rings. The molecule has 0 spiro atoms. The van der Waals surface area contributed by atoms with E-state index in [1.165, 1.54) is 7.05 Å². The number of ether oxygens (including phenoxy) is 1. The van der Waals surface area contributed by atoms with Crippen molar-refractivity contribution in [2.24, 2.45) is 18.9 Å². The lowest BCUT2D eigenvalue weighted by atomic mass is 9.77. The average Bonchev–Trinajstić information content (AvgIpc) is 3.13. The Morgan fingerprint density at radius 3 is 2.76 bits per heavy atom. The summed E-state index contributed by atoms with van der Waals surface area (Å²) in [5.41, 5.74) is 0.0823. The third-order valence-corrected chi connectivity index (χ3v) is 6.44. The van der Waals surface area contributed by atoms with Crippen molar-refractivity contribution in [1.82, 2.24) is 19.4 Å². The van der Waals surface area contributed by atoms with Gasteiger partial charge in [0, 0.05) is 51.7 Å². The van der Waals surface area contributed by atoms with Crippen molar-refractivity contribution in [3.05, 3.63) is 57.0 Å². The normalized spacial score (nSPS) is 27.0. The molecule has 3 heterocycles. The maximum atomic E-state index is 12.2. The second kappa shape index (κ2) is 8.51. The van der Waals surface area contributed by atoms with E-state index in [9.17, 15) is 9.59 Å². The van der Waals surface area contributed by atoms with Crippen LogP contribution in [0.3, 0.4) is 0 Å². The molecule has 2 aromatic rings. The molecule has 0 unspecified atom stereocenters. The molecule has 1 saturated carbocycles. The molecule has 1 aliphatic carbocycles. The van der Waals surface area contributed by atoms with Crippen LogP contribution in [0.5, 0.6) is 0 Å². The van der Waals surface area contributed by atoms with Crippen molar-refractivity contribution in [2.45, 2.75) is 31.4 Å². The molecule has 2 aliphatic rings. The number of anilines is 1. The summed E-state index contributed by atoms with van der Waals surface area (Å²) in [6.45, 7) is 2.89. The van der Waals surface area contributed by atoms with Crippen LogP contribution in [0.25, 0.3) is 0 Å². The predicted molar refractivity (Wildman–Crippen MR) is 111 cm³/mol. The van der Waals surface area contributed by atoms with Gasteiger partial charge in [0.15, 0.2) is 0 Å². The highest BCUT2D eigenvalue weighted by molar-refractivity contribution is 5.35. The zero-order valence-corrected chi connectivity index (χ0v) is 17.0. The van der Waals surface area contributed by atoms with Crippen LogP contribution in [0.1, 0.15) is 18.4 Å². The summed E-state index contributed by atoms with van der Waals surface area (Å²) in [5, 5.41) is 3.55. The quantitative estimate of drug-likeness (QED) is 0.748. The summed E-state index contributed by atoms with van der Waals surface area (Å²) in [4.78, 5) is 33.2. The van der Waals surface area contributed by atoms with Crippen molar-refractivity contribution in [2.75, 3.05) is 32.1 Å². The Morgan fingerprint density at radius 2 is 2.03 bits per heavy atom. The first-order chi connectivity index (χ1) is 14.0. The molecular weight excluding hydrogens is 370 g/mol. The molecule has 8 heteroatoms. The molecule has 4 atom stereocenters. The van der Waals surface area contributed by atoms with Crippen LogP contribution in [-0.2, 0) is 18.2 Å². The van der Waals surface area contributed by atoms with Crippen LogP contribution < -0.4 is 16.6 Å². The third-order valence-electron chi connectivity index (χ3n) is 6.44. The Kier molecular flexibility index (Phi) is 5.82. The van der Waals surface area contributed by atoms with E-state index in [0.29, 0.717) is 23.8 Å². The van der Waals surface area contributed by atoms with E-state index in [1.54, 1.807) is 19.5 Å². The van der Waals surface area contributed by atoms with E-state index in [4.69, 9.17) is 4.74 Å². The molecule has 1 saturated heterocycles. The van der Waals surface area contributed by atoms with Crippen LogP contribution in [-0.4, -0.2) is 58.3 Å². The number of likely N-dealkylation sites (tertiary alicyclic amines) is 1. The second-order valence-electron chi connectivity index (χ2n) is 8.22. The number of pyridine rings is 1. The topological polar surface area (TPSA) is 92.2 Å². The number of hydrogen-bond acceptors (Lipinski definition) is 6. The molecule has 1 aliphatic heterocycles. The number of nitrogens with zero attached hydrogens (tertiary/aromatic N) is 3. The maximum Gasteiger partial charge on any atom is 0.328 e. The summed E-state index contributed by atoms with van der Waals surface area (Å²) in [6, 6.07) is 6.15. The first-order valence-corrected chi connectivity index (χ1v) is 10.3. The summed E-state index contributed by atoms with van der Waals surface area (Å²) < 4.78 is 6.94. The van der Waals surface area contributed by atoms with Crippen LogP contribution >= 0.6 is 0 Å². The minimum atomic E-state index is -0.372. The largest absolute Gasteiger partial charge is 0.379 e. The Bertz CT molecular complexity index is 941. The van der Waals surface area contributed by atoms with E-state index in [2.05, 4.69) is 20.2 Å². The fourth-order valence-corrected chi connectivity index (χ4v) is 4.82. The van der Waals surface area contributed by atoms with E-state index < -0.39 is 0 Å². The number of methoxy groups -OCH3 is 1. The lowest BCUT2D eigenvalue weighted by Gasteiger charge is -2.37. The fraction of sp³-hybridized carbons (Fsp3) is 0.571. The van der Waals surface area contributed by atoms with Gasteiger partial charge in [-0.25, -0.2) is 9.78 Å². The molecule has 4 rings (SSSR count). The van der Waals surface area contributed by atoms with Gasteiger partial charge in [-0.2, -0.15) is 0 Å². The van der Waals surface area contributed by atoms with Gasteiger partial charge in [-0.05, 0) is 43.2 Å². The van der Waals surface area contributed by atoms with Gasteiger partial charge in [0.25, 0.3) is 5.56 Å². The number of rotatable bonds is 6. The molecule has 8 nitrogen and oxygen atoms in total. The lowest BCUT2D eigenvalue weighted by Crippen LogP contribution is -2.44. The van der Waals surface area contributed by atoms with Crippen LogP contribution in [0.4, 0.5) is 5.82 Å². The zero-order chi connectivity index (χ0) is 20.4. The van der Waals surface area contributed by atoms with Gasteiger partial charge in [0.1, 0.15) is 5.82 Å². The molecule has 2 N–H and O–H groups in total. The SMILES string of the molecule is CO[C@@H]1C[C@H]2CN(CCc3c[nH]c(=O)n(C)c3=O)C[C@H]2C[C@H]1Nc1ccccn1. The predicted octanol–water partition coefficient (Wildman–Crippen LogP) is 0.849. The molecule has 0 amide bonds. The van der Waals surface area contributed by atoms with Gasteiger partial charge in [-0.3, -0.25) is 9.36 Å². The Labute approximate surface area is 169 Å². The highest BCUT2D eigenvalue weighted by atomic mass is 16.5. The van der Waals surface area contributed by atoms with Gasteiger partial charge in [0.05, 0.1) is 12.1 Å². The Hall–Kier alpha value is -2.45. The van der Waals surface area contributed by atoms with E-state index in [-0.39, 0.29) is 23.4 Å². The zero-order valence-electron chi connectivity index (χ0n) is 17.0. The third kappa shape index (κ3) is 4.28. The second-order valence-corrected chi connectivity index (χ2v) is 8.22. The van der Waals surface area contributed by atoms with E-state index in [1.807, 2.05) is 18.2 Å². The monoisotopic (exact) mass is 399 g/mol. The number of hydrogen-bond donors (Lipinski definition) is 2. The summed E-state index contributed by atoms with van der Waals surface area (Å²) in [5.74, 6) is 2.11. The molecule has 0 bridgehead atoms. The first kappa shape index (κ1) is 19.8. The van der Waals surface area contributed by atoms with Gasteiger partial charge >= 0.3 is 5.69 Å². The molecule has 2 aromatic heterocycles. The van der Waals surface area contributed by atoms with Crippen molar-refractivity contribution in [3.63, 3.8) is 0 Å². The van der Waals surface area contributed by atoms with Crippen molar-refractivity contribution >= 4 is 5.82 Å². The Morgan fingerprint density at radius 1 is 1.24 bits per heavy atom. The lowest BCUT2D eigenvalue weighted by molar-refractivity contribution is 0.0304. The molecule has 29 heavy (non-hydrogen) atoms. The minimum Gasteiger partial charge on any atom is -0.379 e. The highest BCUT2D eigenvalue weighted by Gasteiger charge is 2.42. The minimum absolute atomic E-state index is 0.171. The number of nitrogens with one attached hydrogen (secondary N) is 2. The fourth-order valence-electron chi connectivity index (χ4n) is 4.82. The van der Waals surface area contributed by atoms with Gasteiger partial charge < -0.3 is 19.9 Å². The molecule has 0 radical (unpaired) electrons. The van der Waals surface area contributed by atoms with Crippen LogP contribution in [0.2, 0.25) is 0 Å². The van der Waals surface area contributed by atoms with Gasteiger partial charge in [-0.1, -0.05) is 6.07 Å². The molecule has 0 aromatic carbocycles. The van der Waals surface area contributed by atoms with E-state index in [0.717, 1.165) is 42.9 Å². The summed E-state index contributed by atoms with van der Waals surface area (Å²) in [6.07, 6.45) is 6.26. The van der Waals surface area contributed by atoms with Crippen LogP contribution in [0, 0.1) is 11.8 Å². The van der Waals surface area contributed by atoms with Gasteiger partial charge in [-0.15, -0.1) is 0 Å². The smallest absolute Gasteiger partial charge is 0.328 e. The van der Waals surface area contributed by atoms with Crippen molar-refractivity contribution in [3.8, 4) is 0 Å². The summed E-state index contributed by atoms with van der Waals surface area (Å²) in [7, 11) is 3.30. The maximum absolute atomic E-state index is 12.2. The number of aromatic amines is 1. The van der Waals surface area contributed by atoms with Crippen molar-refractivity contribution < 1.29 is 4.74 Å². The standard InChI is InChI=1S/C21H29N5O3/c1-25-20(27)14(11-23-21(25)28)6-8-26-12-15-9-17(18(29-2)10-16(15)13-26)24-19-5-3-4-7-22-19/h3-5,7,11,15-18H,6,8-10,12-13H2,1-2H3,(H,22,24)(H,23,28)/t15-,16+,17-,18-/m1/s1. The molecule has 156 valence electrons. The Balaban J connectivity index is 1.37. The highest BCUT2D eigenvalue weighted by Crippen LogP contribution is 2.38. The van der Waals surface area contributed by atoms with Gasteiger partial charge in [0.2, 0.25) is 0 Å². The number of fused-ring (bicyclic) bond motifs is 1. The van der Waals surface area contributed by atoms with E-state index >= 15 is 0 Å². The van der Waals surface area contributed by atoms with Crippen molar-refractivity contribution in [1.29, 1.82) is 0 Å². The molecular formula is C21H29N5O3. The average molecular weight is 399 g/mol. The number of H-pyrrole nitrogens is 1.